The highest BCUT2D eigenvalue weighted by molar-refractivity contribution is 6.11. The molecule has 8 heteroatoms. The van der Waals surface area contributed by atoms with Crippen molar-refractivity contribution in [2.75, 3.05) is 0 Å². The van der Waals surface area contributed by atoms with Gasteiger partial charge in [-0.3, -0.25) is 0 Å². The molecule has 0 aliphatic rings. The molecule has 398 valence electrons. The first-order valence-electron chi connectivity index (χ1n) is 28.4. The van der Waals surface area contributed by atoms with E-state index in [9.17, 15) is 0 Å². The lowest BCUT2D eigenvalue weighted by Crippen LogP contribution is -2.04. The summed E-state index contributed by atoms with van der Waals surface area (Å²) >= 11 is 0. The molecule has 0 aliphatic carbocycles. The smallest absolute Gasteiger partial charge is 0.166 e. The summed E-state index contributed by atoms with van der Waals surface area (Å²) in [4.78, 5) is 31.5. The Morgan fingerprint density at radius 3 is 0.964 bits per heavy atom. The van der Waals surface area contributed by atoms with Gasteiger partial charge >= 0.3 is 0 Å². The highest BCUT2D eigenvalue weighted by atomic mass is 15.1. The van der Waals surface area contributed by atoms with Crippen molar-refractivity contribution in [1.29, 1.82) is 0 Å². The lowest BCUT2D eigenvalue weighted by molar-refractivity contribution is 1.06. The number of aryl methyl sites for hydroxylation is 4. The number of rotatable bonds is 10. The van der Waals surface area contributed by atoms with Gasteiger partial charge in [0, 0.05) is 60.6 Å². The zero-order valence-electron chi connectivity index (χ0n) is 46.8. The summed E-state index contributed by atoms with van der Waals surface area (Å²) in [5.41, 5.74) is 20.7. The van der Waals surface area contributed by atoms with E-state index in [2.05, 4.69) is 219 Å². The molecule has 4 aromatic heterocycles. The molecular weight excluding hydrogens is 1020 g/mol. The molecule has 0 fully saturated rings. The van der Waals surface area contributed by atoms with Gasteiger partial charge in [-0.25, -0.2) is 29.9 Å². The summed E-state index contributed by atoms with van der Waals surface area (Å²) in [6.07, 6.45) is 0. The molecule has 11 aromatic carbocycles. The molecule has 0 saturated carbocycles. The van der Waals surface area contributed by atoms with Gasteiger partial charge in [0.05, 0.1) is 27.8 Å². The first-order valence-corrected chi connectivity index (χ1v) is 28.4. The van der Waals surface area contributed by atoms with Gasteiger partial charge in [-0.05, 0) is 135 Å². The van der Waals surface area contributed by atoms with E-state index < -0.39 is 0 Å². The number of hydrogen-bond donors (Lipinski definition) is 0. The average Bonchev–Trinajstić information content (AvgIpc) is 2.56. The van der Waals surface area contributed by atoms with Crippen molar-refractivity contribution in [3.8, 4) is 102 Å². The maximum absolute atomic E-state index is 5.38. The maximum atomic E-state index is 5.38. The van der Waals surface area contributed by atoms with E-state index in [-0.39, 0.29) is 0 Å². The summed E-state index contributed by atoms with van der Waals surface area (Å²) < 4.78 is 4.77. The van der Waals surface area contributed by atoms with Gasteiger partial charge in [-0.15, -0.1) is 0 Å². The summed E-state index contributed by atoms with van der Waals surface area (Å²) in [6, 6.07) is 90.0. The molecule has 15 aromatic rings. The second-order valence-corrected chi connectivity index (χ2v) is 21.9. The lowest BCUT2D eigenvalue weighted by atomic mass is 9.95. The minimum atomic E-state index is 0.570. The fourth-order valence-electron chi connectivity index (χ4n) is 11.9. The Morgan fingerprint density at radius 1 is 0.226 bits per heavy atom. The van der Waals surface area contributed by atoms with Crippen LogP contribution in [0.3, 0.4) is 0 Å². The molecule has 84 heavy (non-hydrogen) atoms. The number of hydrogen-bond acceptors (Lipinski definition) is 6. The molecule has 4 heterocycles. The molecule has 0 atom stereocenters. The fourth-order valence-corrected chi connectivity index (χ4v) is 11.9. The third-order valence-electron chi connectivity index (χ3n) is 16.0. The molecule has 0 radical (unpaired) electrons. The molecule has 0 aliphatic heterocycles. The Kier molecular flexibility index (Phi) is 12.2. The van der Waals surface area contributed by atoms with Gasteiger partial charge in [0.2, 0.25) is 0 Å². The Morgan fingerprint density at radius 2 is 0.548 bits per heavy atom. The van der Waals surface area contributed by atoms with Gasteiger partial charge in [0.15, 0.2) is 34.9 Å². The minimum Gasteiger partial charge on any atom is -0.309 e. The van der Waals surface area contributed by atoms with Gasteiger partial charge in [0.1, 0.15) is 0 Å². The molecule has 0 spiro atoms. The van der Waals surface area contributed by atoms with Crippen molar-refractivity contribution in [2.45, 2.75) is 27.7 Å². The Balaban J connectivity index is 0.960. The van der Waals surface area contributed by atoms with E-state index >= 15 is 0 Å². The van der Waals surface area contributed by atoms with Crippen molar-refractivity contribution in [3.63, 3.8) is 0 Å². The fraction of sp³-hybridized carbons (Fsp3) is 0.0526. The van der Waals surface area contributed by atoms with Crippen LogP contribution in [0, 0.1) is 27.7 Å². The topological polar surface area (TPSA) is 87.2 Å². The third kappa shape index (κ3) is 9.07. The van der Waals surface area contributed by atoms with Crippen molar-refractivity contribution >= 4 is 43.6 Å². The summed E-state index contributed by atoms with van der Waals surface area (Å²) in [5.74, 6) is 3.55. The number of fused-ring (bicyclic) bond motifs is 6. The van der Waals surface area contributed by atoms with Crippen LogP contribution in [-0.4, -0.2) is 39.0 Å². The molecule has 8 nitrogen and oxygen atoms in total. The Bertz CT molecular complexity index is 4810. The molecule has 0 N–H and O–H groups in total. The van der Waals surface area contributed by atoms with E-state index in [1.54, 1.807) is 0 Å². The Hall–Kier alpha value is -11.0. The van der Waals surface area contributed by atoms with Crippen LogP contribution in [0.2, 0.25) is 0 Å². The molecule has 0 saturated heterocycles. The predicted octanol–water partition coefficient (Wildman–Crippen LogP) is 18.8. The van der Waals surface area contributed by atoms with Gasteiger partial charge < -0.3 is 9.13 Å². The van der Waals surface area contributed by atoms with Crippen LogP contribution in [0.5, 0.6) is 0 Å². The lowest BCUT2D eigenvalue weighted by Gasteiger charge is -2.17. The SMILES string of the molecule is Cc1ccc2c(c1)c1cc(C)ccc1n2-c1cc(-c2cccc(-c3ccc(-n4c5ccc(C)cc5c5cc(C)ccc54)c(-c4nc(-c5ccccc5)nc(-c5ccccc5)n4)c3)c2)cc(-c2nc(-c3ccccc3)nc(-c3ccccc3)n2)c1. The molecular formula is C76H54N8. The van der Waals surface area contributed by atoms with E-state index in [4.69, 9.17) is 29.9 Å². The van der Waals surface area contributed by atoms with Crippen molar-refractivity contribution < 1.29 is 0 Å². The zero-order valence-corrected chi connectivity index (χ0v) is 46.8. The largest absolute Gasteiger partial charge is 0.309 e. The first kappa shape index (κ1) is 50.0. The number of nitrogens with zero attached hydrogens (tertiary/aromatic N) is 8. The molecule has 0 amide bonds. The van der Waals surface area contributed by atoms with Crippen LogP contribution < -0.4 is 0 Å². The molecule has 0 bridgehead atoms. The third-order valence-corrected chi connectivity index (χ3v) is 16.0. The van der Waals surface area contributed by atoms with E-state index in [0.29, 0.717) is 34.9 Å². The van der Waals surface area contributed by atoms with Crippen LogP contribution in [0.1, 0.15) is 22.3 Å². The minimum absolute atomic E-state index is 0.570. The van der Waals surface area contributed by atoms with Crippen molar-refractivity contribution in [3.05, 3.63) is 277 Å². The van der Waals surface area contributed by atoms with Crippen LogP contribution in [0.25, 0.3) is 146 Å². The van der Waals surface area contributed by atoms with Crippen LogP contribution in [-0.2, 0) is 0 Å². The van der Waals surface area contributed by atoms with Gasteiger partial charge in [0.25, 0.3) is 0 Å². The molecule has 15 rings (SSSR count). The van der Waals surface area contributed by atoms with Crippen LogP contribution >= 0.6 is 0 Å². The van der Waals surface area contributed by atoms with Gasteiger partial charge in [-0.2, -0.15) is 0 Å². The second kappa shape index (κ2) is 20.5. The maximum Gasteiger partial charge on any atom is 0.166 e. The summed E-state index contributed by atoms with van der Waals surface area (Å²) in [6.45, 7) is 8.65. The van der Waals surface area contributed by atoms with Gasteiger partial charge in [-0.1, -0.05) is 192 Å². The second-order valence-electron chi connectivity index (χ2n) is 21.9. The van der Waals surface area contributed by atoms with E-state index in [1.165, 1.54) is 43.8 Å². The number of benzene rings is 11. The summed E-state index contributed by atoms with van der Waals surface area (Å²) in [5, 5.41) is 4.80. The molecule has 0 unspecified atom stereocenters. The predicted molar refractivity (Wildman–Crippen MR) is 344 cm³/mol. The van der Waals surface area contributed by atoms with E-state index in [0.717, 1.165) is 89.1 Å². The van der Waals surface area contributed by atoms with Crippen LogP contribution in [0.4, 0.5) is 0 Å². The average molecular weight is 1080 g/mol. The normalized spacial score (nSPS) is 11.6. The highest BCUT2D eigenvalue weighted by Gasteiger charge is 2.23. The highest BCUT2D eigenvalue weighted by Crippen LogP contribution is 2.42. The van der Waals surface area contributed by atoms with Crippen LogP contribution in [0.15, 0.2) is 255 Å². The quantitative estimate of drug-likeness (QED) is 0.136. The zero-order chi connectivity index (χ0) is 56.4. The standard InChI is InChI=1S/C76H54N8/c1-47-28-33-66-61(38-47)62-39-48(2)29-34-67(62)83(66)60-44-58(43-59(45-60)75-79-71(51-18-9-5-10-19-51)77-72(80-75)52-20-11-6-12-21-52)56-27-17-26-55(42-56)57-32-37-70(84-68-35-30-49(3)40-63(68)64-41-50(4)31-36-69(64)84)65(46-57)76-81-73(53-22-13-7-14-23-53)78-74(82-76)54-24-15-8-16-25-54/h5-46H,1-4H3. The number of aromatic nitrogens is 8. The Labute approximate surface area is 486 Å². The monoisotopic (exact) mass is 1080 g/mol. The van der Waals surface area contributed by atoms with Crippen molar-refractivity contribution in [1.82, 2.24) is 39.0 Å². The summed E-state index contributed by atoms with van der Waals surface area (Å²) in [7, 11) is 0. The first-order chi connectivity index (χ1) is 41.2. The van der Waals surface area contributed by atoms with E-state index in [1.807, 2.05) is 72.8 Å². The van der Waals surface area contributed by atoms with Crippen molar-refractivity contribution in [2.24, 2.45) is 0 Å².